The summed E-state index contributed by atoms with van der Waals surface area (Å²) in [6, 6.07) is 52.5. The Morgan fingerprint density at radius 3 is 2.25 bits per heavy atom. The molecule has 12 rings (SSSR count). The van der Waals surface area contributed by atoms with E-state index in [9.17, 15) is 0 Å². The highest BCUT2D eigenvalue weighted by Crippen LogP contribution is 2.48. The van der Waals surface area contributed by atoms with Crippen LogP contribution in [0.5, 0.6) is 5.75 Å². The van der Waals surface area contributed by atoms with E-state index in [1.807, 2.05) is 22.7 Å². The van der Waals surface area contributed by atoms with Gasteiger partial charge in [0.1, 0.15) is 23.0 Å². The maximum Gasteiger partial charge on any atom is 0.143 e. The summed E-state index contributed by atoms with van der Waals surface area (Å²) in [5.41, 5.74) is 8.59. The predicted octanol–water partition coefficient (Wildman–Crippen LogP) is 14.1. The third-order valence-corrected chi connectivity index (χ3v) is 13.3. The van der Waals surface area contributed by atoms with Crippen LogP contribution in [0.4, 0.5) is 11.4 Å². The van der Waals surface area contributed by atoms with E-state index in [2.05, 4.69) is 169 Å². The maximum absolute atomic E-state index is 6.79. The Balaban J connectivity index is 1.04. The van der Waals surface area contributed by atoms with Crippen molar-refractivity contribution in [1.82, 2.24) is 0 Å². The normalized spacial score (nSPS) is 16.5. The molecule has 53 heavy (non-hydrogen) atoms. The van der Waals surface area contributed by atoms with Gasteiger partial charge in [0.05, 0.1) is 10.4 Å². The zero-order chi connectivity index (χ0) is 34.6. The first-order valence-corrected chi connectivity index (χ1v) is 19.6. The average molecular weight is 716 g/mol. The van der Waals surface area contributed by atoms with Gasteiger partial charge in [-0.1, -0.05) is 103 Å². The Kier molecular flexibility index (Phi) is 6.21. The van der Waals surface area contributed by atoms with Crippen LogP contribution in [0.25, 0.3) is 73.4 Å². The van der Waals surface area contributed by atoms with Crippen LogP contribution < -0.4 is 9.64 Å². The third-order valence-electron chi connectivity index (χ3n) is 11.0. The number of furan rings is 1. The van der Waals surface area contributed by atoms with Crippen molar-refractivity contribution in [1.29, 1.82) is 0 Å². The summed E-state index contributed by atoms with van der Waals surface area (Å²) in [7, 11) is 0. The summed E-state index contributed by atoms with van der Waals surface area (Å²) in [5.74, 6) is 1.17. The van der Waals surface area contributed by atoms with Gasteiger partial charge in [-0.25, -0.2) is 0 Å². The van der Waals surface area contributed by atoms with E-state index in [1.54, 1.807) is 0 Å². The topological polar surface area (TPSA) is 25.6 Å². The van der Waals surface area contributed by atoms with Crippen molar-refractivity contribution in [3.05, 3.63) is 175 Å². The second-order valence-corrected chi connectivity index (χ2v) is 16.1. The van der Waals surface area contributed by atoms with Gasteiger partial charge in [0.15, 0.2) is 0 Å². The molecule has 0 bridgehead atoms. The van der Waals surface area contributed by atoms with Crippen LogP contribution >= 0.6 is 22.7 Å². The number of fused-ring (bicyclic) bond motifs is 12. The smallest absolute Gasteiger partial charge is 0.143 e. The molecule has 0 fully saturated rings. The van der Waals surface area contributed by atoms with Crippen molar-refractivity contribution in [2.75, 3.05) is 4.90 Å². The zero-order valence-corrected chi connectivity index (χ0v) is 30.0. The SMILES string of the molecule is C1=CC2c3ccccc3OC2C=C1N(c1cccc(-c2cccc3c2oc2cc4c(cc23)sc2ccccc24)c1)c1cccc2c1sc1ccccc12. The fourth-order valence-electron chi connectivity index (χ4n) is 8.58. The molecule has 3 nitrogen and oxygen atoms in total. The van der Waals surface area contributed by atoms with Gasteiger partial charge in [-0.3, -0.25) is 0 Å². The average Bonchev–Trinajstić information content (AvgIpc) is 3.97. The third kappa shape index (κ3) is 4.38. The number of thiophene rings is 2. The molecule has 10 aromatic rings. The second kappa shape index (κ2) is 11.2. The highest BCUT2D eigenvalue weighted by atomic mass is 32.1. The standard InChI is InChI=1S/C48H29NO2S2/c1-4-19-41-32(12-1)33-23-22-30(25-42(33)50-41)49(40-18-9-17-37-34-13-2-6-21-45(34)53-48(37)40)29-11-7-10-28(24-29)31-15-8-16-36-38-27-46-39(26-43(38)51-47(31)36)35-14-3-5-20-44(35)52-46/h1-27,33,42H. The van der Waals surface area contributed by atoms with Gasteiger partial charge in [0.25, 0.3) is 0 Å². The van der Waals surface area contributed by atoms with Gasteiger partial charge in [0, 0.05) is 74.8 Å². The molecule has 0 radical (unpaired) electrons. The van der Waals surface area contributed by atoms with Gasteiger partial charge in [0.2, 0.25) is 0 Å². The van der Waals surface area contributed by atoms with Crippen molar-refractivity contribution < 1.29 is 9.15 Å². The number of nitrogens with zero attached hydrogens (tertiary/aromatic N) is 1. The first-order chi connectivity index (χ1) is 26.2. The van der Waals surface area contributed by atoms with Crippen molar-refractivity contribution in [2.24, 2.45) is 0 Å². The van der Waals surface area contributed by atoms with Gasteiger partial charge in [-0.15, -0.1) is 22.7 Å². The first kappa shape index (κ1) is 29.4. The lowest BCUT2D eigenvalue weighted by Gasteiger charge is -2.30. The molecule has 1 aliphatic heterocycles. The van der Waals surface area contributed by atoms with Gasteiger partial charge in [-0.05, 0) is 66.2 Å². The van der Waals surface area contributed by atoms with E-state index in [-0.39, 0.29) is 12.0 Å². The zero-order valence-electron chi connectivity index (χ0n) is 28.3. The van der Waals surface area contributed by atoms with E-state index in [0.29, 0.717) is 0 Å². The number of hydrogen-bond acceptors (Lipinski definition) is 5. The van der Waals surface area contributed by atoms with Gasteiger partial charge in [-0.2, -0.15) is 0 Å². The highest BCUT2D eigenvalue weighted by molar-refractivity contribution is 7.26. The molecule has 0 saturated heterocycles. The van der Waals surface area contributed by atoms with Gasteiger partial charge < -0.3 is 14.1 Å². The van der Waals surface area contributed by atoms with Crippen LogP contribution in [0.1, 0.15) is 11.5 Å². The fourth-order valence-corrected chi connectivity index (χ4v) is 10.9. The Morgan fingerprint density at radius 1 is 0.566 bits per heavy atom. The van der Waals surface area contributed by atoms with Gasteiger partial charge >= 0.3 is 0 Å². The molecule has 2 unspecified atom stereocenters. The van der Waals surface area contributed by atoms with E-state index >= 15 is 0 Å². The van der Waals surface area contributed by atoms with Crippen molar-refractivity contribution >= 4 is 96.3 Å². The second-order valence-electron chi connectivity index (χ2n) is 14.0. The molecule has 5 heteroatoms. The molecule has 0 saturated carbocycles. The molecule has 1 aliphatic carbocycles. The van der Waals surface area contributed by atoms with Crippen LogP contribution in [0, 0.1) is 0 Å². The van der Waals surface area contributed by atoms with Crippen LogP contribution in [0.3, 0.4) is 0 Å². The minimum Gasteiger partial charge on any atom is -0.485 e. The number of hydrogen-bond donors (Lipinski definition) is 0. The Labute approximate surface area is 312 Å². The summed E-state index contributed by atoms with van der Waals surface area (Å²) < 4.78 is 18.5. The highest BCUT2D eigenvalue weighted by Gasteiger charge is 2.34. The molecule has 0 spiro atoms. The summed E-state index contributed by atoms with van der Waals surface area (Å²) >= 11 is 3.70. The molecule has 0 amide bonds. The molecule has 250 valence electrons. The molecule has 4 heterocycles. The van der Waals surface area contributed by atoms with Crippen molar-refractivity contribution in [3.8, 4) is 16.9 Å². The Bertz CT molecular complexity index is 3200. The quantitative estimate of drug-likeness (QED) is 0.181. The van der Waals surface area contributed by atoms with E-state index < -0.39 is 0 Å². The number of allylic oxidation sites excluding steroid dienone is 1. The number of para-hydroxylation sites is 2. The minimum absolute atomic E-state index is 0.0734. The predicted molar refractivity (Wildman–Crippen MR) is 224 cm³/mol. The lowest BCUT2D eigenvalue weighted by atomic mass is 9.90. The monoisotopic (exact) mass is 715 g/mol. The van der Waals surface area contributed by atoms with E-state index in [1.165, 1.54) is 45.9 Å². The summed E-state index contributed by atoms with van der Waals surface area (Å²) in [6.07, 6.45) is 6.83. The van der Waals surface area contributed by atoms with Crippen LogP contribution in [0.15, 0.2) is 174 Å². The largest absolute Gasteiger partial charge is 0.485 e. The van der Waals surface area contributed by atoms with Crippen molar-refractivity contribution in [2.45, 2.75) is 12.0 Å². The number of benzene rings is 7. The maximum atomic E-state index is 6.79. The Morgan fingerprint density at radius 2 is 1.32 bits per heavy atom. The summed E-state index contributed by atoms with van der Waals surface area (Å²) in [4.78, 5) is 2.41. The number of anilines is 2. The minimum atomic E-state index is -0.0734. The summed E-state index contributed by atoms with van der Waals surface area (Å²) in [5, 5.41) is 7.37. The molecular formula is C48H29NO2S2. The van der Waals surface area contributed by atoms with Crippen LogP contribution in [-0.2, 0) is 0 Å². The lowest BCUT2D eigenvalue weighted by molar-refractivity contribution is 0.267. The lowest BCUT2D eigenvalue weighted by Crippen LogP contribution is -2.24. The molecule has 2 atom stereocenters. The number of rotatable bonds is 4. The van der Waals surface area contributed by atoms with Crippen molar-refractivity contribution in [3.63, 3.8) is 0 Å². The molecule has 3 aromatic heterocycles. The van der Waals surface area contributed by atoms with E-state index in [4.69, 9.17) is 9.15 Å². The Hall–Kier alpha value is -6.14. The number of ether oxygens (including phenoxy) is 1. The molecule has 0 N–H and O–H groups in total. The summed E-state index contributed by atoms with van der Waals surface area (Å²) in [6.45, 7) is 0. The molecular weight excluding hydrogens is 687 g/mol. The fraction of sp³-hybridized carbons (Fsp3) is 0.0417. The first-order valence-electron chi connectivity index (χ1n) is 18.0. The van der Waals surface area contributed by atoms with Crippen LogP contribution in [-0.4, -0.2) is 6.10 Å². The van der Waals surface area contributed by atoms with Crippen LogP contribution in [0.2, 0.25) is 0 Å². The van der Waals surface area contributed by atoms with E-state index in [0.717, 1.165) is 55.9 Å². The molecule has 7 aromatic carbocycles. The molecule has 2 aliphatic rings.